The summed E-state index contributed by atoms with van der Waals surface area (Å²) in [6.07, 6.45) is 0. The molecule has 0 radical (unpaired) electrons. The Kier molecular flexibility index (Phi) is 5.12. The Labute approximate surface area is 120 Å². The minimum absolute atomic E-state index is 0. The summed E-state index contributed by atoms with van der Waals surface area (Å²) < 4.78 is 5.66. The fourth-order valence-corrected chi connectivity index (χ4v) is 1.32. The minimum atomic E-state index is 0. The molecule has 2 aromatic rings. The quantitative estimate of drug-likeness (QED) is 0.651. The maximum atomic E-state index is 5.66. The second-order valence-electron chi connectivity index (χ2n) is 3.58. The molecule has 2 aromatic carbocycles. The van der Waals surface area contributed by atoms with Crippen LogP contribution in [-0.2, 0) is 0 Å². The Balaban J connectivity index is 0.00000128. The Morgan fingerprint density at radius 2 is 1.69 bits per heavy atom. The molecule has 0 saturated carbocycles. The first kappa shape index (κ1) is 13.4. The monoisotopic (exact) mass is 435 g/mol. The van der Waals surface area contributed by atoms with Gasteiger partial charge in [-0.2, -0.15) is 17.2 Å². The van der Waals surface area contributed by atoms with Gasteiger partial charge in [0, 0.05) is 36.9 Å². The van der Waals surface area contributed by atoms with Gasteiger partial charge in [-0.15, -0.1) is 12.1 Å². The Hall–Kier alpha value is -0.708. The van der Waals surface area contributed by atoms with Crippen LogP contribution < -0.4 is 4.74 Å². The van der Waals surface area contributed by atoms with Gasteiger partial charge in [-0.05, 0) is 12.1 Å². The van der Waals surface area contributed by atoms with E-state index >= 15 is 0 Å². The Morgan fingerprint density at radius 3 is 2.31 bits per heavy atom. The summed E-state index contributed by atoms with van der Waals surface area (Å²) in [4.78, 5) is 0. The number of rotatable bonds is 2. The molecule has 2 heteroatoms. The first-order valence-corrected chi connectivity index (χ1v) is 4.97. The van der Waals surface area contributed by atoms with E-state index in [1.54, 1.807) is 0 Å². The van der Waals surface area contributed by atoms with Gasteiger partial charge in [0.1, 0.15) is 5.75 Å². The second kappa shape index (κ2) is 6.13. The molecule has 0 bridgehead atoms. The van der Waals surface area contributed by atoms with E-state index in [-0.39, 0.29) is 31.1 Å². The molecule has 0 amide bonds. The minimum Gasteiger partial charge on any atom is -0.483 e. The standard InChI is InChI=1S/C14H13O.U/c1-11-8-9-14(10-12(11)2)15-13-6-4-3-5-7-13;/h3-8,10H,1-2H3;/q-1;. The maximum absolute atomic E-state index is 5.66. The normalized spacial score (nSPS) is 9.38. The van der Waals surface area contributed by atoms with Crippen LogP contribution in [0.2, 0.25) is 0 Å². The van der Waals surface area contributed by atoms with Crippen molar-refractivity contribution in [2.45, 2.75) is 13.8 Å². The van der Waals surface area contributed by atoms with Gasteiger partial charge in [0.2, 0.25) is 0 Å². The van der Waals surface area contributed by atoms with Crippen LogP contribution >= 0.6 is 0 Å². The number of hydrogen-bond donors (Lipinski definition) is 0. The third-order valence-electron chi connectivity index (χ3n) is 2.37. The smallest absolute Gasteiger partial charge is 0.124 e. The molecular formula is C14H13OU-. The van der Waals surface area contributed by atoms with Gasteiger partial charge in [0.25, 0.3) is 0 Å². The summed E-state index contributed by atoms with van der Waals surface area (Å²) in [6, 6.07) is 16.8. The van der Waals surface area contributed by atoms with Crippen molar-refractivity contribution in [1.29, 1.82) is 0 Å². The first-order chi connectivity index (χ1) is 7.25. The van der Waals surface area contributed by atoms with Gasteiger partial charge >= 0.3 is 0 Å². The van der Waals surface area contributed by atoms with Crippen molar-refractivity contribution in [3.05, 3.63) is 59.7 Å². The van der Waals surface area contributed by atoms with Gasteiger partial charge in [0.05, 0.1) is 0 Å². The molecule has 2 rings (SSSR count). The molecule has 0 spiro atoms. The summed E-state index contributed by atoms with van der Waals surface area (Å²) in [6.45, 7) is 4.14. The molecule has 80 valence electrons. The van der Waals surface area contributed by atoms with Crippen LogP contribution in [-0.4, -0.2) is 0 Å². The van der Waals surface area contributed by atoms with Crippen molar-refractivity contribution in [2.75, 3.05) is 0 Å². The zero-order valence-corrected chi connectivity index (χ0v) is 13.6. The molecule has 16 heavy (non-hydrogen) atoms. The van der Waals surface area contributed by atoms with Gasteiger partial charge in [-0.3, -0.25) is 0 Å². The summed E-state index contributed by atoms with van der Waals surface area (Å²) in [5, 5.41) is 0. The zero-order valence-electron chi connectivity index (χ0n) is 9.45. The Bertz CT molecular complexity index is 452. The number of para-hydroxylation sites is 1. The van der Waals surface area contributed by atoms with Crippen molar-refractivity contribution in [1.82, 2.24) is 0 Å². The zero-order chi connectivity index (χ0) is 10.7. The molecule has 0 aliphatic carbocycles. The number of ether oxygens (including phenoxy) is 1. The fourth-order valence-electron chi connectivity index (χ4n) is 1.32. The second-order valence-corrected chi connectivity index (χ2v) is 3.58. The average molecular weight is 435 g/mol. The summed E-state index contributed by atoms with van der Waals surface area (Å²) in [5.41, 5.74) is 2.45. The van der Waals surface area contributed by atoms with E-state index in [1.165, 1.54) is 11.1 Å². The molecular weight excluding hydrogens is 422 g/mol. The summed E-state index contributed by atoms with van der Waals surface area (Å²) in [7, 11) is 0. The third-order valence-corrected chi connectivity index (χ3v) is 2.37. The van der Waals surface area contributed by atoms with Gasteiger partial charge < -0.3 is 4.74 Å². The largest absolute Gasteiger partial charge is 0.483 e. The summed E-state index contributed by atoms with van der Waals surface area (Å²) in [5.74, 6) is 1.61. The van der Waals surface area contributed by atoms with E-state index in [9.17, 15) is 0 Å². The van der Waals surface area contributed by atoms with Crippen LogP contribution in [0.15, 0.2) is 42.5 Å². The molecule has 0 aliphatic heterocycles. The van der Waals surface area contributed by atoms with Crippen LogP contribution in [0.4, 0.5) is 0 Å². The number of hydrogen-bond acceptors (Lipinski definition) is 1. The van der Waals surface area contributed by atoms with Crippen molar-refractivity contribution in [3.63, 3.8) is 0 Å². The molecule has 0 atom stereocenters. The molecule has 0 aliphatic rings. The van der Waals surface area contributed by atoms with Gasteiger partial charge in [-0.1, -0.05) is 32.0 Å². The SMILES string of the molecule is Cc1c[c-]c(Oc2ccccc2)cc1C.[U]. The molecule has 0 heterocycles. The van der Waals surface area contributed by atoms with E-state index in [0.717, 1.165) is 11.5 Å². The van der Waals surface area contributed by atoms with Crippen LogP contribution in [0.3, 0.4) is 0 Å². The number of aryl methyl sites for hydroxylation is 2. The van der Waals surface area contributed by atoms with Crippen molar-refractivity contribution < 1.29 is 35.9 Å². The van der Waals surface area contributed by atoms with Gasteiger partial charge in [-0.25, -0.2) is 0 Å². The van der Waals surface area contributed by atoms with Crippen molar-refractivity contribution >= 4 is 0 Å². The molecule has 1 nitrogen and oxygen atoms in total. The fraction of sp³-hybridized carbons (Fsp3) is 0.143. The predicted molar refractivity (Wildman–Crippen MR) is 61.3 cm³/mol. The van der Waals surface area contributed by atoms with E-state index in [2.05, 4.69) is 19.9 Å². The van der Waals surface area contributed by atoms with Crippen LogP contribution in [0.1, 0.15) is 11.1 Å². The Morgan fingerprint density at radius 1 is 1.00 bits per heavy atom. The van der Waals surface area contributed by atoms with E-state index in [1.807, 2.05) is 42.5 Å². The summed E-state index contributed by atoms with van der Waals surface area (Å²) >= 11 is 0. The average Bonchev–Trinajstić information content (AvgIpc) is 2.25. The maximum Gasteiger partial charge on any atom is 0.124 e. The van der Waals surface area contributed by atoms with E-state index in [4.69, 9.17) is 4.74 Å². The van der Waals surface area contributed by atoms with Crippen LogP contribution in [0, 0.1) is 51.0 Å². The number of benzene rings is 2. The topological polar surface area (TPSA) is 9.23 Å². The van der Waals surface area contributed by atoms with Crippen LogP contribution in [0.25, 0.3) is 0 Å². The molecule has 0 N–H and O–H groups in total. The van der Waals surface area contributed by atoms with Gasteiger partial charge in [0.15, 0.2) is 0 Å². The van der Waals surface area contributed by atoms with E-state index in [0.29, 0.717) is 0 Å². The molecule has 0 aromatic heterocycles. The third kappa shape index (κ3) is 3.40. The predicted octanol–water partition coefficient (Wildman–Crippen LogP) is 3.90. The van der Waals surface area contributed by atoms with Crippen molar-refractivity contribution in [3.8, 4) is 11.5 Å². The molecule has 0 saturated heterocycles. The van der Waals surface area contributed by atoms with Crippen LogP contribution in [0.5, 0.6) is 11.5 Å². The molecule has 0 unspecified atom stereocenters. The molecule has 0 fully saturated rings. The van der Waals surface area contributed by atoms with Crippen molar-refractivity contribution in [2.24, 2.45) is 0 Å². The first-order valence-electron chi connectivity index (χ1n) is 4.97. The van der Waals surface area contributed by atoms with E-state index < -0.39 is 0 Å².